The van der Waals surface area contributed by atoms with Crippen molar-refractivity contribution in [3.63, 3.8) is 0 Å². The third-order valence-electron chi connectivity index (χ3n) is 4.99. The number of thioether (sulfide) groups is 1. The van der Waals surface area contributed by atoms with Gasteiger partial charge in [-0.05, 0) is 43.0 Å². The molecule has 1 unspecified atom stereocenters. The summed E-state index contributed by atoms with van der Waals surface area (Å²) in [6, 6.07) is 19.0. The van der Waals surface area contributed by atoms with E-state index >= 15 is 0 Å². The molecule has 9 heteroatoms. The van der Waals surface area contributed by atoms with E-state index in [1.165, 1.54) is 11.8 Å². The van der Waals surface area contributed by atoms with E-state index in [0.717, 1.165) is 22.0 Å². The van der Waals surface area contributed by atoms with E-state index in [2.05, 4.69) is 15.5 Å². The molecule has 3 aromatic carbocycles. The Morgan fingerprint density at radius 2 is 1.94 bits per heavy atom. The van der Waals surface area contributed by atoms with E-state index in [4.69, 9.17) is 16.3 Å². The van der Waals surface area contributed by atoms with E-state index in [0.29, 0.717) is 15.9 Å². The van der Waals surface area contributed by atoms with Crippen LogP contribution < -0.4 is 5.32 Å². The van der Waals surface area contributed by atoms with Gasteiger partial charge in [0.1, 0.15) is 6.33 Å². The SMILES string of the molecule is Cc1ccc(-n2cnnc2SCC(=O)OC(C)C(=O)Nc2cccc3ccccc23)cc1Cl. The zero-order chi connectivity index (χ0) is 23.4. The number of carbonyl (C=O) groups is 2. The maximum Gasteiger partial charge on any atom is 0.317 e. The fourth-order valence-electron chi connectivity index (χ4n) is 3.21. The number of aromatic nitrogens is 3. The van der Waals surface area contributed by atoms with Gasteiger partial charge in [-0.2, -0.15) is 0 Å². The third-order valence-corrected chi connectivity index (χ3v) is 6.32. The van der Waals surface area contributed by atoms with Crippen LogP contribution in [0.3, 0.4) is 0 Å². The third kappa shape index (κ3) is 5.35. The molecule has 1 heterocycles. The van der Waals surface area contributed by atoms with Gasteiger partial charge in [0.15, 0.2) is 11.3 Å². The Kier molecular flexibility index (Phi) is 6.96. The lowest BCUT2D eigenvalue weighted by Gasteiger charge is -2.14. The fraction of sp³-hybridized carbons (Fsp3) is 0.167. The number of hydrogen-bond acceptors (Lipinski definition) is 6. The molecule has 0 aliphatic heterocycles. The average molecular weight is 481 g/mol. The molecule has 0 saturated carbocycles. The minimum atomic E-state index is -0.953. The number of esters is 1. The molecule has 0 bridgehead atoms. The van der Waals surface area contributed by atoms with E-state index in [9.17, 15) is 9.59 Å². The van der Waals surface area contributed by atoms with Crippen molar-refractivity contribution in [2.75, 3.05) is 11.1 Å². The predicted octanol–water partition coefficient (Wildman–Crippen LogP) is 5.04. The number of benzene rings is 3. The summed E-state index contributed by atoms with van der Waals surface area (Å²) in [4.78, 5) is 25.0. The maximum absolute atomic E-state index is 12.6. The molecular weight excluding hydrogens is 460 g/mol. The second kappa shape index (κ2) is 10.1. The molecule has 1 N–H and O–H groups in total. The monoisotopic (exact) mass is 480 g/mol. The second-order valence-corrected chi connectivity index (χ2v) is 8.70. The Bertz CT molecular complexity index is 1320. The van der Waals surface area contributed by atoms with Crippen LogP contribution in [-0.2, 0) is 14.3 Å². The van der Waals surface area contributed by atoms with Gasteiger partial charge in [0, 0.05) is 16.1 Å². The molecule has 0 spiro atoms. The quantitative estimate of drug-likeness (QED) is 0.294. The summed E-state index contributed by atoms with van der Waals surface area (Å²) in [5.41, 5.74) is 2.41. The number of fused-ring (bicyclic) bond motifs is 1. The molecule has 0 fully saturated rings. The molecule has 1 atom stereocenters. The molecule has 4 aromatic rings. The first-order valence-corrected chi connectivity index (χ1v) is 11.6. The standard InChI is InChI=1S/C24H21ClN4O3S/c1-15-10-11-18(12-20(15)25)29-14-26-28-24(29)33-13-22(30)32-16(2)23(31)27-21-9-5-7-17-6-3-4-8-19(17)21/h3-12,14,16H,13H2,1-2H3,(H,27,31). The normalized spacial score (nSPS) is 11.8. The summed E-state index contributed by atoms with van der Waals surface area (Å²) in [7, 11) is 0. The molecular formula is C24H21ClN4O3S. The summed E-state index contributed by atoms with van der Waals surface area (Å²) in [6.07, 6.45) is 0.598. The number of halogens is 1. The molecule has 0 aliphatic carbocycles. The van der Waals surface area contributed by atoms with Crippen molar-refractivity contribution in [2.45, 2.75) is 25.1 Å². The number of ether oxygens (including phenoxy) is 1. The van der Waals surface area contributed by atoms with Crippen LogP contribution in [0.5, 0.6) is 0 Å². The van der Waals surface area contributed by atoms with Crippen molar-refractivity contribution < 1.29 is 14.3 Å². The highest BCUT2D eigenvalue weighted by Crippen LogP contribution is 2.25. The van der Waals surface area contributed by atoms with Crippen molar-refractivity contribution >= 4 is 51.7 Å². The smallest absolute Gasteiger partial charge is 0.317 e. The summed E-state index contributed by atoms with van der Waals surface area (Å²) < 4.78 is 7.06. The topological polar surface area (TPSA) is 86.1 Å². The van der Waals surface area contributed by atoms with Crippen LogP contribution in [0.15, 0.2) is 72.1 Å². The number of hydrogen-bond donors (Lipinski definition) is 1. The molecule has 0 saturated heterocycles. The van der Waals surface area contributed by atoms with E-state index < -0.39 is 18.0 Å². The largest absolute Gasteiger partial charge is 0.452 e. The zero-order valence-corrected chi connectivity index (χ0v) is 19.6. The Hall–Kier alpha value is -3.36. The van der Waals surface area contributed by atoms with Gasteiger partial charge in [0.25, 0.3) is 5.91 Å². The van der Waals surface area contributed by atoms with E-state index in [1.807, 2.05) is 67.6 Å². The first kappa shape index (κ1) is 22.8. The van der Waals surface area contributed by atoms with Crippen LogP contribution in [0.25, 0.3) is 16.5 Å². The first-order valence-electron chi connectivity index (χ1n) is 10.2. The van der Waals surface area contributed by atoms with Crippen molar-refractivity contribution in [3.05, 3.63) is 77.6 Å². The van der Waals surface area contributed by atoms with Gasteiger partial charge >= 0.3 is 5.97 Å². The minimum absolute atomic E-state index is 0.0236. The van der Waals surface area contributed by atoms with E-state index in [-0.39, 0.29) is 5.75 Å². The molecule has 7 nitrogen and oxygen atoms in total. The van der Waals surface area contributed by atoms with Gasteiger partial charge in [-0.25, -0.2) is 0 Å². The van der Waals surface area contributed by atoms with Gasteiger partial charge < -0.3 is 10.1 Å². The number of rotatable bonds is 7. The fourth-order valence-corrected chi connectivity index (χ4v) is 4.09. The molecule has 0 aliphatic rings. The van der Waals surface area contributed by atoms with Gasteiger partial charge in [0.05, 0.1) is 11.4 Å². The summed E-state index contributed by atoms with van der Waals surface area (Å²) >= 11 is 7.38. The van der Waals surface area contributed by atoms with E-state index in [1.54, 1.807) is 17.8 Å². The molecule has 168 valence electrons. The number of anilines is 1. The van der Waals surface area contributed by atoms with Gasteiger partial charge in [-0.1, -0.05) is 65.8 Å². The van der Waals surface area contributed by atoms with Crippen molar-refractivity contribution in [1.29, 1.82) is 0 Å². The molecule has 1 amide bonds. The highest BCUT2D eigenvalue weighted by molar-refractivity contribution is 7.99. The Labute approximate surface area is 200 Å². The highest BCUT2D eigenvalue weighted by Gasteiger charge is 2.20. The van der Waals surface area contributed by atoms with Crippen LogP contribution >= 0.6 is 23.4 Å². The Morgan fingerprint density at radius 3 is 2.76 bits per heavy atom. The summed E-state index contributed by atoms with van der Waals surface area (Å²) in [5, 5.41) is 13.9. The Morgan fingerprint density at radius 1 is 1.15 bits per heavy atom. The number of amides is 1. The average Bonchev–Trinajstić information content (AvgIpc) is 3.28. The van der Waals surface area contributed by atoms with Crippen molar-refractivity contribution in [2.24, 2.45) is 0 Å². The second-order valence-electron chi connectivity index (χ2n) is 7.35. The van der Waals surface area contributed by atoms with Gasteiger partial charge in [-0.3, -0.25) is 14.2 Å². The predicted molar refractivity (Wildman–Crippen MR) is 130 cm³/mol. The Balaban J connectivity index is 1.35. The summed E-state index contributed by atoms with van der Waals surface area (Å²) in [5.74, 6) is -0.955. The van der Waals surface area contributed by atoms with Crippen LogP contribution in [0.1, 0.15) is 12.5 Å². The zero-order valence-electron chi connectivity index (χ0n) is 18.0. The number of nitrogens with zero attached hydrogens (tertiary/aromatic N) is 3. The number of carbonyl (C=O) groups excluding carboxylic acids is 2. The summed E-state index contributed by atoms with van der Waals surface area (Å²) in [6.45, 7) is 3.46. The van der Waals surface area contributed by atoms with Crippen LogP contribution in [0, 0.1) is 6.92 Å². The van der Waals surface area contributed by atoms with Gasteiger partial charge in [0.2, 0.25) is 0 Å². The van der Waals surface area contributed by atoms with Crippen molar-refractivity contribution in [1.82, 2.24) is 14.8 Å². The van der Waals surface area contributed by atoms with Gasteiger partial charge in [-0.15, -0.1) is 10.2 Å². The van der Waals surface area contributed by atoms with Crippen LogP contribution in [0.4, 0.5) is 5.69 Å². The highest BCUT2D eigenvalue weighted by atomic mass is 35.5. The molecule has 1 aromatic heterocycles. The minimum Gasteiger partial charge on any atom is -0.452 e. The van der Waals surface area contributed by atoms with Crippen molar-refractivity contribution in [3.8, 4) is 5.69 Å². The van der Waals surface area contributed by atoms with Crippen LogP contribution in [0.2, 0.25) is 5.02 Å². The molecule has 33 heavy (non-hydrogen) atoms. The molecule has 0 radical (unpaired) electrons. The maximum atomic E-state index is 12.6. The molecule has 4 rings (SSSR count). The number of nitrogens with one attached hydrogen (secondary N) is 1. The first-order chi connectivity index (χ1) is 15.9. The lowest BCUT2D eigenvalue weighted by molar-refractivity contribution is -0.150. The van der Waals surface area contributed by atoms with Crippen LogP contribution in [-0.4, -0.2) is 38.5 Å². The lowest BCUT2D eigenvalue weighted by Crippen LogP contribution is -2.30. The lowest BCUT2D eigenvalue weighted by atomic mass is 10.1. The number of aryl methyl sites for hydroxylation is 1.